The van der Waals surface area contributed by atoms with Crippen LogP contribution in [0.5, 0.6) is 0 Å². The van der Waals surface area contributed by atoms with Gasteiger partial charge in [0.1, 0.15) is 0 Å². The van der Waals surface area contributed by atoms with Crippen LogP contribution in [0.25, 0.3) is 0 Å². The van der Waals surface area contributed by atoms with Gasteiger partial charge in [0.25, 0.3) is 0 Å². The number of nitrogens with zero attached hydrogens (tertiary/aromatic N) is 3. The summed E-state index contributed by atoms with van der Waals surface area (Å²) < 4.78 is 4.70. The maximum atomic E-state index is 12.2. The fourth-order valence-corrected chi connectivity index (χ4v) is 2.92. The van der Waals surface area contributed by atoms with Crippen molar-refractivity contribution in [3.05, 3.63) is 33.1 Å². The van der Waals surface area contributed by atoms with E-state index < -0.39 is 0 Å². The Morgan fingerprint density at radius 1 is 1.12 bits per heavy atom. The van der Waals surface area contributed by atoms with Crippen molar-refractivity contribution in [3.63, 3.8) is 0 Å². The highest BCUT2D eigenvalue weighted by molar-refractivity contribution is 5.06. The van der Waals surface area contributed by atoms with Crippen LogP contribution in [0.4, 0.5) is 0 Å². The largest absolute Gasteiger partial charge is 0.347 e. The van der Waals surface area contributed by atoms with Crippen LogP contribution in [-0.2, 0) is 6.54 Å². The molecule has 0 saturated carbocycles. The van der Waals surface area contributed by atoms with E-state index in [0.29, 0.717) is 6.54 Å². The van der Waals surface area contributed by atoms with Gasteiger partial charge >= 0.3 is 11.4 Å². The summed E-state index contributed by atoms with van der Waals surface area (Å²) in [5.41, 5.74) is -0.281. The van der Waals surface area contributed by atoms with Crippen LogP contribution in [0.1, 0.15) is 44.7 Å². The molecule has 3 heterocycles. The maximum absolute atomic E-state index is 12.2. The third kappa shape index (κ3) is 1.38. The fraction of sp³-hybridized carbons (Fsp3) is 0.667. The van der Waals surface area contributed by atoms with Crippen molar-refractivity contribution in [2.45, 2.75) is 51.2 Å². The summed E-state index contributed by atoms with van der Waals surface area (Å²) in [5.74, 6) is 0. The molecule has 1 aliphatic carbocycles. The van der Waals surface area contributed by atoms with Crippen molar-refractivity contribution < 1.29 is 0 Å². The Morgan fingerprint density at radius 2 is 1.65 bits per heavy atom. The zero-order valence-electron chi connectivity index (χ0n) is 10.0. The van der Waals surface area contributed by atoms with Crippen molar-refractivity contribution in [1.29, 1.82) is 0 Å². The van der Waals surface area contributed by atoms with Gasteiger partial charge in [0, 0.05) is 6.54 Å². The fourth-order valence-electron chi connectivity index (χ4n) is 2.92. The minimum absolute atomic E-state index is 0.0760. The van der Waals surface area contributed by atoms with Gasteiger partial charge in [-0.1, -0.05) is 19.1 Å². The number of allylic oxidation sites excluding steroid dienone is 2. The van der Waals surface area contributed by atoms with Crippen LogP contribution in [0.15, 0.2) is 21.7 Å². The van der Waals surface area contributed by atoms with E-state index in [4.69, 9.17) is 0 Å². The monoisotopic (exact) mass is 235 g/mol. The molecule has 0 aromatic carbocycles. The standard InChI is InChI=1S/C12H17N3O2/c1-2-8-13-11(16)14-9-4-3-5-10(7-6-9)15(14)12(13)17/h6-7,9-10H,2-5,8H2,1H3. The van der Waals surface area contributed by atoms with Gasteiger partial charge < -0.3 is 0 Å². The second-order valence-electron chi connectivity index (χ2n) is 4.86. The van der Waals surface area contributed by atoms with Gasteiger partial charge in [0.2, 0.25) is 0 Å². The van der Waals surface area contributed by atoms with Crippen LogP contribution < -0.4 is 11.4 Å². The molecule has 5 nitrogen and oxygen atoms in total. The molecule has 92 valence electrons. The van der Waals surface area contributed by atoms with E-state index >= 15 is 0 Å². The Hall–Kier alpha value is -1.52. The Labute approximate surface area is 98.9 Å². The number of fused-ring (bicyclic) bond motifs is 2. The summed E-state index contributed by atoms with van der Waals surface area (Å²) >= 11 is 0. The highest BCUT2D eigenvalue weighted by Crippen LogP contribution is 2.31. The van der Waals surface area contributed by atoms with Crippen LogP contribution in [-0.4, -0.2) is 13.9 Å². The summed E-state index contributed by atoms with van der Waals surface area (Å²) in [5, 5.41) is 0. The predicted octanol–water partition coefficient (Wildman–Crippen LogP) is 1.06. The second kappa shape index (κ2) is 3.75. The number of hydrogen-bond acceptors (Lipinski definition) is 2. The van der Waals surface area contributed by atoms with E-state index in [9.17, 15) is 9.59 Å². The average Bonchev–Trinajstić information content (AvgIpc) is 2.58. The first-order chi connectivity index (χ1) is 8.24. The Bertz CT molecular complexity index is 530. The molecule has 1 aromatic heterocycles. The average molecular weight is 235 g/mol. The molecule has 4 rings (SSSR count). The first kappa shape index (κ1) is 10.6. The molecular formula is C12H17N3O2. The van der Waals surface area contributed by atoms with E-state index in [1.807, 2.05) is 6.92 Å². The molecule has 3 aliphatic rings. The van der Waals surface area contributed by atoms with E-state index in [1.54, 1.807) is 9.36 Å². The molecule has 1 aromatic rings. The lowest BCUT2D eigenvalue weighted by Crippen LogP contribution is -2.33. The summed E-state index contributed by atoms with van der Waals surface area (Å²) in [4.78, 5) is 24.5. The second-order valence-corrected chi connectivity index (χ2v) is 4.86. The van der Waals surface area contributed by atoms with Gasteiger partial charge in [-0.25, -0.2) is 23.5 Å². The molecule has 17 heavy (non-hydrogen) atoms. The molecule has 2 atom stereocenters. The maximum Gasteiger partial charge on any atom is 0.347 e. The number of rotatable bonds is 2. The molecule has 2 aliphatic heterocycles. The molecule has 0 spiro atoms. The van der Waals surface area contributed by atoms with Crippen molar-refractivity contribution in [1.82, 2.24) is 13.9 Å². The SMILES string of the molecule is CCCn1c(=O)n2n(c1=O)C1C=CC2CCC1. The first-order valence-electron chi connectivity index (χ1n) is 6.36. The van der Waals surface area contributed by atoms with E-state index in [1.165, 1.54) is 4.57 Å². The van der Waals surface area contributed by atoms with Crippen LogP contribution in [0.2, 0.25) is 0 Å². The molecule has 2 unspecified atom stereocenters. The van der Waals surface area contributed by atoms with E-state index in [2.05, 4.69) is 12.2 Å². The summed E-state index contributed by atoms with van der Waals surface area (Å²) in [6.45, 7) is 2.50. The van der Waals surface area contributed by atoms with Gasteiger partial charge in [-0.2, -0.15) is 0 Å². The molecule has 2 bridgehead atoms. The van der Waals surface area contributed by atoms with Crippen molar-refractivity contribution in [2.24, 2.45) is 0 Å². The molecular weight excluding hydrogens is 218 g/mol. The smallest absolute Gasteiger partial charge is 0.246 e. The van der Waals surface area contributed by atoms with Crippen LogP contribution >= 0.6 is 0 Å². The van der Waals surface area contributed by atoms with Gasteiger partial charge in [-0.05, 0) is 25.7 Å². The van der Waals surface area contributed by atoms with Gasteiger partial charge in [-0.15, -0.1) is 0 Å². The first-order valence-corrected chi connectivity index (χ1v) is 6.36. The number of hydrogen-bond donors (Lipinski definition) is 0. The molecule has 0 amide bonds. The molecule has 0 N–H and O–H groups in total. The van der Waals surface area contributed by atoms with Gasteiger partial charge in [0.15, 0.2) is 0 Å². The minimum atomic E-state index is -0.141. The van der Waals surface area contributed by atoms with Crippen LogP contribution in [0, 0.1) is 0 Å². The molecule has 0 radical (unpaired) electrons. The number of aromatic nitrogens is 3. The van der Waals surface area contributed by atoms with Crippen molar-refractivity contribution in [2.75, 3.05) is 0 Å². The summed E-state index contributed by atoms with van der Waals surface area (Å²) in [7, 11) is 0. The van der Waals surface area contributed by atoms with Crippen molar-refractivity contribution >= 4 is 0 Å². The Morgan fingerprint density at radius 3 is 2.12 bits per heavy atom. The van der Waals surface area contributed by atoms with Crippen LogP contribution in [0.3, 0.4) is 0 Å². The third-order valence-corrected chi connectivity index (χ3v) is 3.72. The van der Waals surface area contributed by atoms with E-state index in [0.717, 1.165) is 25.7 Å². The topological polar surface area (TPSA) is 48.9 Å². The lowest BCUT2D eigenvalue weighted by molar-refractivity contribution is 0.375. The zero-order chi connectivity index (χ0) is 12.0. The lowest BCUT2D eigenvalue weighted by atomic mass is 10.1. The normalized spacial score (nSPS) is 25.9. The highest BCUT2D eigenvalue weighted by Gasteiger charge is 2.30. The zero-order valence-corrected chi connectivity index (χ0v) is 10.0. The van der Waals surface area contributed by atoms with Gasteiger partial charge in [0.05, 0.1) is 12.1 Å². The molecule has 0 fully saturated rings. The predicted molar refractivity (Wildman–Crippen MR) is 64.3 cm³/mol. The molecule has 0 saturated heterocycles. The van der Waals surface area contributed by atoms with Gasteiger partial charge in [-0.3, -0.25) is 0 Å². The quantitative estimate of drug-likeness (QED) is 0.720. The summed E-state index contributed by atoms with van der Waals surface area (Å²) in [6, 6.07) is 0.152. The third-order valence-electron chi connectivity index (χ3n) is 3.72. The Kier molecular flexibility index (Phi) is 2.34. The van der Waals surface area contributed by atoms with E-state index in [-0.39, 0.29) is 23.5 Å². The minimum Gasteiger partial charge on any atom is -0.246 e. The lowest BCUT2D eigenvalue weighted by Gasteiger charge is -2.21. The summed E-state index contributed by atoms with van der Waals surface area (Å²) in [6.07, 6.45) is 7.96. The molecule has 5 heteroatoms. The highest BCUT2D eigenvalue weighted by atomic mass is 16.2. The Balaban J connectivity index is 2.25. The van der Waals surface area contributed by atoms with Crippen molar-refractivity contribution in [3.8, 4) is 0 Å².